The second-order valence-electron chi connectivity index (χ2n) is 4.99. The van der Waals surface area contributed by atoms with Crippen LogP contribution in [-0.4, -0.2) is 24.2 Å². The van der Waals surface area contributed by atoms with Gasteiger partial charge in [-0.1, -0.05) is 19.1 Å². The molecule has 3 atom stereocenters. The number of methoxy groups -OCH3 is 1. The van der Waals surface area contributed by atoms with E-state index in [9.17, 15) is 0 Å². The molecule has 0 amide bonds. The van der Waals surface area contributed by atoms with Gasteiger partial charge in [0, 0.05) is 17.3 Å². The van der Waals surface area contributed by atoms with E-state index in [2.05, 4.69) is 43.1 Å². The molecule has 1 aliphatic heterocycles. The smallest absolute Gasteiger partial charge is 0.118 e. The molecule has 0 radical (unpaired) electrons. The summed E-state index contributed by atoms with van der Waals surface area (Å²) in [6, 6.07) is 9.41. The Bertz CT molecular complexity index is 365. The Kier molecular flexibility index (Phi) is 4.95. The lowest BCUT2D eigenvalue weighted by atomic mass is 10.0. The molecule has 0 aromatic heterocycles. The van der Waals surface area contributed by atoms with Crippen LogP contribution < -0.4 is 10.1 Å². The third-order valence-corrected chi connectivity index (χ3v) is 5.07. The highest BCUT2D eigenvalue weighted by molar-refractivity contribution is 7.99. The highest BCUT2D eigenvalue weighted by atomic mass is 32.2. The van der Waals surface area contributed by atoms with Crippen molar-refractivity contribution in [3.8, 4) is 5.75 Å². The van der Waals surface area contributed by atoms with Gasteiger partial charge in [0.1, 0.15) is 5.75 Å². The Hall–Kier alpha value is -0.670. The van der Waals surface area contributed by atoms with Gasteiger partial charge in [-0.05, 0) is 43.2 Å². The van der Waals surface area contributed by atoms with Crippen LogP contribution in [0.1, 0.15) is 38.3 Å². The van der Waals surface area contributed by atoms with Gasteiger partial charge in [0.25, 0.3) is 0 Å². The first kappa shape index (κ1) is 13.8. The number of ether oxygens (including phenoxy) is 1. The van der Waals surface area contributed by atoms with E-state index in [1.54, 1.807) is 7.11 Å². The number of rotatable bonds is 4. The van der Waals surface area contributed by atoms with E-state index in [1.807, 2.05) is 12.1 Å². The van der Waals surface area contributed by atoms with Crippen molar-refractivity contribution < 1.29 is 4.74 Å². The Morgan fingerprint density at radius 2 is 2.06 bits per heavy atom. The molecule has 1 aromatic rings. The zero-order chi connectivity index (χ0) is 13.0. The zero-order valence-electron chi connectivity index (χ0n) is 11.5. The second-order valence-corrected chi connectivity index (χ2v) is 6.47. The van der Waals surface area contributed by atoms with Crippen molar-refractivity contribution in [3.05, 3.63) is 29.8 Å². The van der Waals surface area contributed by atoms with Gasteiger partial charge in [-0.3, -0.25) is 0 Å². The van der Waals surface area contributed by atoms with Crippen LogP contribution in [0.2, 0.25) is 0 Å². The largest absolute Gasteiger partial charge is 0.497 e. The van der Waals surface area contributed by atoms with Gasteiger partial charge in [-0.15, -0.1) is 0 Å². The summed E-state index contributed by atoms with van der Waals surface area (Å²) >= 11 is 2.09. The summed E-state index contributed by atoms with van der Waals surface area (Å²) < 4.78 is 5.19. The molecule has 3 unspecified atom stereocenters. The summed E-state index contributed by atoms with van der Waals surface area (Å²) in [5, 5.41) is 4.48. The minimum atomic E-state index is 0.405. The molecule has 1 N–H and O–H groups in total. The van der Waals surface area contributed by atoms with E-state index >= 15 is 0 Å². The summed E-state index contributed by atoms with van der Waals surface area (Å²) in [5.41, 5.74) is 1.33. The van der Waals surface area contributed by atoms with Gasteiger partial charge in [0.05, 0.1) is 7.11 Å². The molecular weight excluding hydrogens is 242 g/mol. The monoisotopic (exact) mass is 265 g/mol. The van der Waals surface area contributed by atoms with E-state index in [1.165, 1.54) is 24.2 Å². The number of nitrogens with one attached hydrogen (secondary N) is 1. The molecule has 0 saturated carbocycles. The van der Waals surface area contributed by atoms with Crippen LogP contribution in [0.5, 0.6) is 5.75 Å². The van der Waals surface area contributed by atoms with Crippen LogP contribution in [-0.2, 0) is 0 Å². The maximum atomic E-state index is 5.19. The van der Waals surface area contributed by atoms with E-state index in [-0.39, 0.29) is 0 Å². The number of benzene rings is 1. The van der Waals surface area contributed by atoms with Gasteiger partial charge in [0.15, 0.2) is 0 Å². The van der Waals surface area contributed by atoms with E-state index in [4.69, 9.17) is 4.74 Å². The van der Waals surface area contributed by atoms with Crippen molar-refractivity contribution >= 4 is 11.8 Å². The highest BCUT2D eigenvalue weighted by Crippen LogP contribution is 2.27. The van der Waals surface area contributed by atoms with Gasteiger partial charge in [-0.25, -0.2) is 0 Å². The molecule has 1 aromatic carbocycles. The normalized spacial score (nSPS) is 25.7. The highest BCUT2D eigenvalue weighted by Gasteiger charge is 2.23. The minimum absolute atomic E-state index is 0.405. The fraction of sp³-hybridized carbons (Fsp3) is 0.600. The second kappa shape index (κ2) is 6.48. The Balaban J connectivity index is 1.95. The van der Waals surface area contributed by atoms with E-state index in [0.29, 0.717) is 12.1 Å². The van der Waals surface area contributed by atoms with Crippen molar-refractivity contribution in [1.82, 2.24) is 5.32 Å². The Morgan fingerprint density at radius 1 is 1.33 bits per heavy atom. The predicted molar refractivity (Wildman–Crippen MR) is 79.5 cm³/mol. The maximum absolute atomic E-state index is 5.19. The lowest BCUT2D eigenvalue weighted by Crippen LogP contribution is -2.40. The summed E-state index contributed by atoms with van der Waals surface area (Å²) in [5.74, 6) is 2.24. The van der Waals surface area contributed by atoms with E-state index in [0.717, 1.165) is 11.0 Å². The lowest BCUT2D eigenvalue weighted by molar-refractivity contribution is 0.410. The molecule has 2 nitrogen and oxygen atoms in total. The fourth-order valence-electron chi connectivity index (χ4n) is 2.45. The van der Waals surface area contributed by atoms with Crippen molar-refractivity contribution in [2.45, 2.75) is 44.0 Å². The third kappa shape index (κ3) is 3.42. The number of hydrogen-bond donors (Lipinski definition) is 1. The maximum Gasteiger partial charge on any atom is 0.118 e. The topological polar surface area (TPSA) is 21.3 Å². The van der Waals surface area contributed by atoms with Crippen LogP contribution in [0, 0.1) is 0 Å². The average molecular weight is 265 g/mol. The Labute approximate surface area is 114 Å². The first-order chi connectivity index (χ1) is 8.70. The molecule has 0 spiro atoms. The van der Waals surface area contributed by atoms with Crippen molar-refractivity contribution in [3.63, 3.8) is 0 Å². The van der Waals surface area contributed by atoms with E-state index < -0.39 is 0 Å². The molecule has 1 aliphatic rings. The number of hydrogen-bond acceptors (Lipinski definition) is 3. The summed E-state index contributed by atoms with van der Waals surface area (Å²) in [6.45, 7) is 4.58. The van der Waals surface area contributed by atoms with Gasteiger partial charge >= 0.3 is 0 Å². The Morgan fingerprint density at radius 3 is 2.67 bits per heavy atom. The molecule has 2 rings (SSSR count). The quantitative estimate of drug-likeness (QED) is 0.898. The van der Waals surface area contributed by atoms with Crippen LogP contribution in [0.4, 0.5) is 0 Å². The van der Waals surface area contributed by atoms with Crippen LogP contribution in [0.3, 0.4) is 0 Å². The molecule has 1 fully saturated rings. The van der Waals surface area contributed by atoms with Crippen molar-refractivity contribution in [2.24, 2.45) is 0 Å². The SMILES string of the molecule is COc1ccc(C(C)NC2CCCSC2C)cc1. The summed E-state index contributed by atoms with van der Waals surface area (Å²) in [7, 11) is 1.71. The molecular formula is C15H23NOS. The summed E-state index contributed by atoms with van der Waals surface area (Å²) in [4.78, 5) is 0. The molecule has 18 heavy (non-hydrogen) atoms. The average Bonchev–Trinajstić information content (AvgIpc) is 2.41. The number of thioether (sulfide) groups is 1. The molecule has 1 heterocycles. The van der Waals surface area contributed by atoms with Crippen molar-refractivity contribution in [1.29, 1.82) is 0 Å². The fourth-order valence-corrected chi connectivity index (χ4v) is 3.60. The molecule has 0 aliphatic carbocycles. The van der Waals surface area contributed by atoms with Crippen LogP contribution in [0.25, 0.3) is 0 Å². The minimum Gasteiger partial charge on any atom is -0.497 e. The first-order valence-electron chi connectivity index (χ1n) is 6.72. The third-order valence-electron chi connectivity index (χ3n) is 3.69. The van der Waals surface area contributed by atoms with Crippen molar-refractivity contribution in [2.75, 3.05) is 12.9 Å². The predicted octanol–water partition coefficient (Wildman–Crippen LogP) is 3.63. The molecule has 1 saturated heterocycles. The lowest BCUT2D eigenvalue weighted by Gasteiger charge is -2.32. The molecule has 0 bridgehead atoms. The van der Waals surface area contributed by atoms with Crippen LogP contribution in [0.15, 0.2) is 24.3 Å². The van der Waals surface area contributed by atoms with Gasteiger partial charge in [0.2, 0.25) is 0 Å². The molecule has 100 valence electrons. The summed E-state index contributed by atoms with van der Waals surface area (Å²) in [6.07, 6.45) is 2.64. The van der Waals surface area contributed by atoms with Gasteiger partial charge in [-0.2, -0.15) is 11.8 Å². The van der Waals surface area contributed by atoms with Gasteiger partial charge < -0.3 is 10.1 Å². The first-order valence-corrected chi connectivity index (χ1v) is 7.77. The molecule has 3 heteroatoms. The zero-order valence-corrected chi connectivity index (χ0v) is 12.3. The standard InChI is InChI=1S/C15H23NOS/c1-11(13-6-8-14(17-3)9-7-13)16-15-5-4-10-18-12(15)2/h6-9,11-12,15-16H,4-5,10H2,1-3H3. The van der Waals surface area contributed by atoms with Crippen LogP contribution >= 0.6 is 11.8 Å².